The lowest BCUT2D eigenvalue weighted by atomic mass is 9.88. The van der Waals surface area contributed by atoms with Gasteiger partial charge in [-0.1, -0.05) is 6.07 Å². The van der Waals surface area contributed by atoms with E-state index in [1.165, 1.54) is 17.7 Å². The first-order valence-corrected chi connectivity index (χ1v) is 7.65. The van der Waals surface area contributed by atoms with E-state index >= 15 is 0 Å². The fraction of sp³-hybridized carbons (Fsp3) is 0.643. The number of carbonyl (C=O) groups excluding carboxylic acids is 1. The quantitative estimate of drug-likeness (QED) is 0.900. The van der Waals surface area contributed by atoms with E-state index in [1.807, 2.05) is 11.9 Å². The van der Waals surface area contributed by atoms with Crippen LogP contribution in [0.1, 0.15) is 24.1 Å². The lowest BCUT2D eigenvalue weighted by molar-refractivity contribution is -0.134. The molecule has 1 amide bonds. The van der Waals surface area contributed by atoms with Crippen LogP contribution >= 0.6 is 11.3 Å². The summed E-state index contributed by atoms with van der Waals surface area (Å²) in [7, 11) is 1.95. The summed E-state index contributed by atoms with van der Waals surface area (Å²) in [4.78, 5) is 15.7. The first-order chi connectivity index (χ1) is 8.74. The van der Waals surface area contributed by atoms with Crippen LogP contribution in [0.3, 0.4) is 0 Å². The van der Waals surface area contributed by atoms with E-state index in [9.17, 15) is 4.79 Å². The summed E-state index contributed by atoms with van der Waals surface area (Å²) >= 11 is 1.77. The molecule has 0 saturated carbocycles. The van der Waals surface area contributed by atoms with Gasteiger partial charge in [0, 0.05) is 30.6 Å². The average molecular weight is 264 g/mol. The molecule has 1 aromatic rings. The third-order valence-corrected chi connectivity index (χ3v) is 5.20. The summed E-state index contributed by atoms with van der Waals surface area (Å²) in [6.45, 7) is 0.841. The molecule has 0 aromatic carbocycles. The number of rotatable bonds is 4. The summed E-state index contributed by atoms with van der Waals surface area (Å²) in [5, 5.41) is 5.63. The Morgan fingerprint density at radius 2 is 2.44 bits per heavy atom. The van der Waals surface area contributed by atoms with Gasteiger partial charge in [-0.05, 0) is 37.1 Å². The Morgan fingerprint density at radius 3 is 3.06 bits per heavy atom. The van der Waals surface area contributed by atoms with Crippen LogP contribution in [0, 0.1) is 5.92 Å². The van der Waals surface area contributed by atoms with E-state index in [0.29, 0.717) is 18.0 Å². The number of likely N-dealkylation sites (N-methyl/N-ethyl adjacent to an activating group) is 1. The lowest BCUT2D eigenvalue weighted by Crippen LogP contribution is -2.39. The zero-order valence-corrected chi connectivity index (χ0v) is 11.6. The number of carbonyl (C=O) groups is 1. The second-order valence-corrected chi connectivity index (χ2v) is 6.51. The molecule has 2 aliphatic rings. The predicted octanol–water partition coefficient (Wildman–Crippen LogP) is 1.89. The maximum atomic E-state index is 12.4. The summed E-state index contributed by atoms with van der Waals surface area (Å²) in [6.07, 6.45) is 4.47. The summed E-state index contributed by atoms with van der Waals surface area (Å²) in [6, 6.07) is 5.27. The van der Waals surface area contributed by atoms with Crippen molar-refractivity contribution in [1.82, 2.24) is 10.2 Å². The number of amides is 1. The van der Waals surface area contributed by atoms with E-state index in [2.05, 4.69) is 22.8 Å². The Balaban J connectivity index is 1.53. The van der Waals surface area contributed by atoms with Crippen molar-refractivity contribution in [3.05, 3.63) is 22.4 Å². The number of hydrogen-bond acceptors (Lipinski definition) is 3. The number of hydrogen-bond donors (Lipinski definition) is 1. The van der Waals surface area contributed by atoms with Crippen LogP contribution < -0.4 is 5.32 Å². The van der Waals surface area contributed by atoms with E-state index in [0.717, 1.165) is 19.4 Å². The molecule has 2 aliphatic heterocycles. The molecular formula is C14H20N2OS. The van der Waals surface area contributed by atoms with E-state index in [1.54, 1.807) is 11.3 Å². The highest BCUT2D eigenvalue weighted by molar-refractivity contribution is 7.09. The number of nitrogens with zero attached hydrogens (tertiary/aromatic N) is 1. The van der Waals surface area contributed by atoms with Crippen molar-refractivity contribution in [1.29, 1.82) is 0 Å². The molecule has 1 aromatic heterocycles. The summed E-state index contributed by atoms with van der Waals surface area (Å²) in [5.74, 6) is 0.573. The van der Waals surface area contributed by atoms with Crippen LogP contribution in [0.25, 0.3) is 0 Å². The van der Waals surface area contributed by atoms with E-state index in [-0.39, 0.29) is 5.92 Å². The van der Waals surface area contributed by atoms with Crippen molar-refractivity contribution in [3.63, 3.8) is 0 Å². The molecular weight excluding hydrogens is 244 g/mol. The molecule has 3 unspecified atom stereocenters. The van der Waals surface area contributed by atoms with Gasteiger partial charge >= 0.3 is 0 Å². The molecule has 18 heavy (non-hydrogen) atoms. The molecule has 2 saturated heterocycles. The minimum absolute atomic E-state index is 0.233. The molecule has 1 N–H and O–H groups in total. The van der Waals surface area contributed by atoms with E-state index < -0.39 is 0 Å². The van der Waals surface area contributed by atoms with Gasteiger partial charge in [0.05, 0.1) is 5.92 Å². The minimum Gasteiger partial charge on any atom is -0.345 e. The van der Waals surface area contributed by atoms with Crippen LogP contribution in [0.2, 0.25) is 0 Å². The topological polar surface area (TPSA) is 32.3 Å². The summed E-state index contributed by atoms with van der Waals surface area (Å²) in [5.41, 5.74) is 0. The maximum absolute atomic E-state index is 12.4. The van der Waals surface area contributed by atoms with E-state index in [4.69, 9.17) is 0 Å². The molecule has 0 spiro atoms. The Kier molecular flexibility index (Phi) is 3.39. The van der Waals surface area contributed by atoms with Gasteiger partial charge in [-0.25, -0.2) is 0 Å². The molecule has 0 radical (unpaired) electrons. The molecule has 4 heteroatoms. The summed E-state index contributed by atoms with van der Waals surface area (Å²) < 4.78 is 0. The molecule has 3 rings (SSSR count). The molecule has 98 valence electrons. The van der Waals surface area contributed by atoms with Gasteiger partial charge in [-0.15, -0.1) is 11.3 Å². The normalized spacial score (nSPS) is 29.7. The zero-order chi connectivity index (χ0) is 12.5. The first-order valence-electron chi connectivity index (χ1n) is 6.77. The van der Waals surface area contributed by atoms with Gasteiger partial charge in [0.25, 0.3) is 0 Å². The molecule has 3 nitrogen and oxygen atoms in total. The largest absolute Gasteiger partial charge is 0.345 e. The first kappa shape index (κ1) is 12.2. The number of thiophene rings is 1. The zero-order valence-electron chi connectivity index (χ0n) is 10.8. The highest BCUT2D eigenvalue weighted by atomic mass is 32.1. The Bertz CT molecular complexity index is 417. The molecule has 2 bridgehead atoms. The third kappa shape index (κ3) is 2.31. The van der Waals surface area contributed by atoms with Crippen LogP contribution in [-0.4, -0.2) is 36.5 Å². The molecule has 0 aliphatic carbocycles. The Hall–Kier alpha value is -0.870. The smallest absolute Gasteiger partial charge is 0.227 e. The maximum Gasteiger partial charge on any atom is 0.227 e. The fourth-order valence-corrected chi connectivity index (χ4v) is 3.92. The Labute approximate surface area is 112 Å². The van der Waals surface area contributed by atoms with Gasteiger partial charge in [0.2, 0.25) is 5.91 Å². The predicted molar refractivity (Wildman–Crippen MR) is 73.7 cm³/mol. The third-order valence-electron chi connectivity index (χ3n) is 4.27. The molecule has 3 heterocycles. The minimum atomic E-state index is 0.233. The van der Waals surface area contributed by atoms with Gasteiger partial charge in [-0.2, -0.15) is 0 Å². The Morgan fingerprint density at radius 1 is 1.56 bits per heavy atom. The van der Waals surface area contributed by atoms with Gasteiger partial charge in [0.15, 0.2) is 0 Å². The van der Waals surface area contributed by atoms with Crippen LogP contribution in [0.4, 0.5) is 0 Å². The van der Waals surface area contributed by atoms with Crippen LogP contribution in [-0.2, 0) is 11.2 Å². The van der Waals surface area contributed by atoms with Crippen LogP contribution in [0.5, 0.6) is 0 Å². The fourth-order valence-electron chi connectivity index (χ4n) is 3.22. The van der Waals surface area contributed by atoms with Crippen molar-refractivity contribution in [2.45, 2.75) is 37.8 Å². The number of fused-ring (bicyclic) bond motifs is 2. The van der Waals surface area contributed by atoms with Crippen molar-refractivity contribution in [2.75, 3.05) is 13.6 Å². The van der Waals surface area contributed by atoms with Gasteiger partial charge in [0.1, 0.15) is 0 Å². The van der Waals surface area contributed by atoms with Crippen molar-refractivity contribution >= 4 is 17.2 Å². The highest BCUT2D eigenvalue weighted by Gasteiger charge is 2.43. The monoisotopic (exact) mass is 264 g/mol. The SMILES string of the molecule is CN(CCc1cccs1)C(=O)C1CC2CCC1N2. The molecule has 2 fully saturated rings. The van der Waals surface area contributed by atoms with Crippen molar-refractivity contribution in [3.8, 4) is 0 Å². The average Bonchev–Trinajstić information content (AvgIpc) is 3.10. The second kappa shape index (κ2) is 5.02. The highest BCUT2D eigenvalue weighted by Crippen LogP contribution is 2.34. The van der Waals surface area contributed by atoms with Gasteiger partial charge in [-0.3, -0.25) is 4.79 Å². The van der Waals surface area contributed by atoms with Crippen LogP contribution in [0.15, 0.2) is 17.5 Å². The molecule has 3 atom stereocenters. The van der Waals surface area contributed by atoms with Gasteiger partial charge < -0.3 is 10.2 Å². The lowest BCUT2D eigenvalue weighted by Gasteiger charge is -2.25. The van der Waals surface area contributed by atoms with Crippen molar-refractivity contribution < 1.29 is 4.79 Å². The number of nitrogens with one attached hydrogen (secondary N) is 1. The van der Waals surface area contributed by atoms with Crippen molar-refractivity contribution in [2.24, 2.45) is 5.92 Å². The standard InChI is InChI=1S/C14H20N2OS/c1-16(7-6-11-3-2-8-18-11)14(17)12-9-10-4-5-13(12)15-10/h2-3,8,10,12-13,15H,4-7,9H2,1H3. The second-order valence-electron chi connectivity index (χ2n) is 5.48.